The molecular formula is C20H33N3O2. The van der Waals surface area contributed by atoms with E-state index in [0.717, 1.165) is 56.0 Å². The van der Waals surface area contributed by atoms with Gasteiger partial charge in [0.15, 0.2) is 5.96 Å². The van der Waals surface area contributed by atoms with E-state index >= 15 is 0 Å². The van der Waals surface area contributed by atoms with Gasteiger partial charge in [0.2, 0.25) is 0 Å². The standard InChI is InChI=1S/C20H33N3O2/c1-16(2)14-24-12-6-11-22-20(21-3)23-13-18-7-4-5-8-19(18)25-15-17-9-10-17/h4-5,7-8,16-17H,6,9-15H2,1-3H3,(H2,21,22,23). The van der Waals surface area contributed by atoms with Crippen molar-refractivity contribution in [3.63, 3.8) is 0 Å². The highest BCUT2D eigenvalue weighted by molar-refractivity contribution is 5.79. The maximum absolute atomic E-state index is 5.95. The maximum Gasteiger partial charge on any atom is 0.191 e. The van der Waals surface area contributed by atoms with Gasteiger partial charge in [0.25, 0.3) is 0 Å². The predicted octanol–water partition coefficient (Wildman–Crippen LogP) is 3.20. The van der Waals surface area contributed by atoms with Crippen LogP contribution in [0.5, 0.6) is 5.75 Å². The number of guanidine groups is 1. The van der Waals surface area contributed by atoms with Crippen molar-refractivity contribution in [2.24, 2.45) is 16.8 Å². The third kappa shape index (κ3) is 8.25. The molecule has 1 aliphatic carbocycles. The van der Waals surface area contributed by atoms with Gasteiger partial charge in [0, 0.05) is 38.9 Å². The number of hydrogen-bond acceptors (Lipinski definition) is 3. The van der Waals surface area contributed by atoms with Crippen LogP contribution in [0, 0.1) is 11.8 Å². The van der Waals surface area contributed by atoms with E-state index in [2.05, 4.69) is 35.5 Å². The van der Waals surface area contributed by atoms with Crippen molar-refractivity contribution in [3.05, 3.63) is 29.8 Å². The normalized spacial score (nSPS) is 14.6. The molecule has 1 aromatic rings. The second-order valence-electron chi connectivity index (χ2n) is 7.04. The molecule has 0 unspecified atom stereocenters. The number of nitrogens with zero attached hydrogens (tertiary/aromatic N) is 1. The molecule has 0 spiro atoms. The zero-order valence-electron chi connectivity index (χ0n) is 15.9. The summed E-state index contributed by atoms with van der Waals surface area (Å²) < 4.78 is 11.5. The first-order valence-corrected chi connectivity index (χ1v) is 9.42. The molecular weight excluding hydrogens is 314 g/mol. The highest BCUT2D eigenvalue weighted by Gasteiger charge is 2.22. The number of benzene rings is 1. The van der Waals surface area contributed by atoms with Crippen molar-refractivity contribution in [1.82, 2.24) is 10.6 Å². The molecule has 1 aromatic carbocycles. The summed E-state index contributed by atoms with van der Waals surface area (Å²) in [5, 5.41) is 6.68. The fourth-order valence-corrected chi connectivity index (χ4v) is 2.38. The minimum atomic E-state index is 0.588. The lowest BCUT2D eigenvalue weighted by molar-refractivity contribution is 0.108. The summed E-state index contributed by atoms with van der Waals surface area (Å²) in [4.78, 5) is 4.28. The average Bonchev–Trinajstić information content (AvgIpc) is 3.43. The van der Waals surface area contributed by atoms with Crippen LogP contribution in [-0.2, 0) is 11.3 Å². The molecule has 1 aliphatic rings. The van der Waals surface area contributed by atoms with Crippen LogP contribution in [0.4, 0.5) is 0 Å². The molecule has 0 aromatic heterocycles. The molecule has 0 saturated heterocycles. The Balaban J connectivity index is 1.67. The lowest BCUT2D eigenvalue weighted by Crippen LogP contribution is -2.37. The van der Waals surface area contributed by atoms with E-state index < -0.39 is 0 Å². The molecule has 25 heavy (non-hydrogen) atoms. The molecule has 1 saturated carbocycles. The number of nitrogens with one attached hydrogen (secondary N) is 2. The van der Waals surface area contributed by atoms with Gasteiger partial charge in [-0.15, -0.1) is 0 Å². The molecule has 0 aliphatic heterocycles. The summed E-state index contributed by atoms with van der Waals surface area (Å²) in [6.07, 6.45) is 3.57. The number of hydrogen-bond donors (Lipinski definition) is 2. The highest BCUT2D eigenvalue weighted by atomic mass is 16.5. The van der Waals surface area contributed by atoms with Crippen molar-refractivity contribution >= 4 is 5.96 Å². The summed E-state index contributed by atoms with van der Waals surface area (Å²) in [5.74, 6) is 3.12. The van der Waals surface area contributed by atoms with Gasteiger partial charge in [-0.25, -0.2) is 0 Å². The third-order valence-electron chi connectivity index (χ3n) is 4.02. The topological polar surface area (TPSA) is 54.9 Å². The summed E-state index contributed by atoms with van der Waals surface area (Å²) in [6.45, 7) is 8.30. The van der Waals surface area contributed by atoms with E-state index in [-0.39, 0.29) is 0 Å². The Hall–Kier alpha value is -1.75. The molecule has 5 nitrogen and oxygen atoms in total. The summed E-state index contributed by atoms with van der Waals surface area (Å²) in [5.41, 5.74) is 1.16. The van der Waals surface area contributed by atoms with E-state index in [1.54, 1.807) is 7.05 Å². The molecule has 5 heteroatoms. The molecule has 2 rings (SSSR count). The minimum absolute atomic E-state index is 0.588. The fraction of sp³-hybridized carbons (Fsp3) is 0.650. The van der Waals surface area contributed by atoms with Gasteiger partial charge >= 0.3 is 0 Å². The number of aliphatic imine (C=N–C) groups is 1. The molecule has 0 amide bonds. The van der Waals surface area contributed by atoms with Crippen molar-refractivity contribution in [1.29, 1.82) is 0 Å². The smallest absolute Gasteiger partial charge is 0.191 e. The van der Waals surface area contributed by atoms with E-state index in [1.807, 2.05) is 18.2 Å². The Bertz CT molecular complexity index is 527. The van der Waals surface area contributed by atoms with Gasteiger partial charge in [-0.3, -0.25) is 4.99 Å². The lowest BCUT2D eigenvalue weighted by atomic mass is 10.2. The summed E-state index contributed by atoms with van der Waals surface area (Å²) >= 11 is 0. The van der Waals surface area contributed by atoms with Crippen LogP contribution in [0.3, 0.4) is 0 Å². The number of ether oxygens (including phenoxy) is 2. The molecule has 1 fully saturated rings. The SMILES string of the molecule is CN=C(NCCCOCC(C)C)NCc1ccccc1OCC1CC1. The monoisotopic (exact) mass is 347 g/mol. The molecule has 0 bridgehead atoms. The zero-order valence-corrected chi connectivity index (χ0v) is 15.9. The average molecular weight is 348 g/mol. The maximum atomic E-state index is 5.95. The van der Waals surface area contributed by atoms with E-state index in [0.29, 0.717) is 12.5 Å². The van der Waals surface area contributed by atoms with Crippen LogP contribution in [0.1, 0.15) is 38.7 Å². The molecule has 2 N–H and O–H groups in total. The van der Waals surface area contributed by atoms with Crippen LogP contribution >= 0.6 is 0 Å². The molecule has 0 radical (unpaired) electrons. The molecule has 140 valence electrons. The van der Waals surface area contributed by atoms with Crippen molar-refractivity contribution in [2.45, 2.75) is 39.7 Å². The Morgan fingerprint density at radius 1 is 1.24 bits per heavy atom. The lowest BCUT2D eigenvalue weighted by Gasteiger charge is -2.15. The Morgan fingerprint density at radius 2 is 2.04 bits per heavy atom. The van der Waals surface area contributed by atoms with Gasteiger partial charge < -0.3 is 20.1 Å². The largest absolute Gasteiger partial charge is 0.493 e. The number of rotatable bonds is 11. The quantitative estimate of drug-likeness (QED) is 0.367. The van der Waals surface area contributed by atoms with Crippen molar-refractivity contribution in [3.8, 4) is 5.75 Å². The second-order valence-corrected chi connectivity index (χ2v) is 7.04. The van der Waals surface area contributed by atoms with Crippen LogP contribution in [0.15, 0.2) is 29.3 Å². The predicted molar refractivity (Wildman–Crippen MR) is 103 cm³/mol. The van der Waals surface area contributed by atoms with Crippen LogP contribution in [0.25, 0.3) is 0 Å². The number of para-hydroxylation sites is 1. The minimum Gasteiger partial charge on any atom is -0.493 e. The second kappa shape index (κ2) is 11.0. The first kappa shape index (κ1) is 19.6. The highest BCUT2D eigenvalue weighted by Crippen LogP contribution is 2.30. The van der Waals surface area contributed by atoms with E-state index in [4.69, 9.17) is 9.47 Å². The first-order chi connectivity index (χ1) is 12.2. The Morgan fingerprint density at radius 3 is 2.76 bits per heavy atom. The van der Waals surface area contributed by atoms with E-state index in [1.165, 1.54) is 12.8 Å². The van der Waals surface area contributed by atoms with Crippen LogP contribution < -0.4 is 15.4 Å². The molecule has 0 atom stereocenters. The molecule has 0 heterocycles. The van der Waals surface area contributed by atoms with Crippen molar-refractivity contribution in [2.75, 3.05) is 33.4 Å². The Labute approximate surface area is 152 Å². The fourth-order valence-electron chi connectivity index (χ4n) is 2.38. The summed E-state index contributed by atoms with van der Waals surface area (Å²) in [6, 6.07) is 8.21. The van der Waals surface area contributed by atoms with Crippen LogP contribution in [-0.4, -0.2) is 39.4 Å². The van der Waals surface area contributed by atoms with Gasteiger partial charge in [0.05, 0.1) is 6.61 Å². The summed E-state index contributed by atoms with van der Waals surface area (Å²) in [7, 11) is 1.79. The van der Waals surface area contributed by atoms with E-state index in [9.17, 15) is 0 Å². The van der Waals surface area contributed by atoms with Gasteiger partial charge in [0.1, 0.15) is 5.75 Å². The first-order valence-electron chi connectivity index (χ1n) is 9.42. The van der Waals surface area contributed by atoms with Gasteiger partial charge in [-0.2, -0.15) is 0 Å². The van der Waals surface area contributed by atoms with Crippen LogP contribution in [0.2, 0.25) is 0 Å². The van der Waals surface area contributed by atoms with Crippen molar-refractivity contribution < 1.29 is 9.47 Å². The Kier molecular flexibility index (Phi) is 8.60. The van der Waals surface area contributed by atoms with Gasteiger partial charge in [-0.1, -0.05) is 32.0 Å². The zero-order chi connectivity index (χ0) is 17.9. The van der Waals surface area contributed by atoms with Gasteiger partial charge in [-0.05, 0) is 37.2 Å². The third-order valence-corrected chi connectivity index (χ3v) is 4.02.